The van der Waals surface area contributed by atoms with Crippen LogP contribution in [0.15, 0.2) is 53.4 Å². The molecule has 1 amide bonds. The van der Waals surface area contributed by atoms with Crippen LogP contribution in [0.3, 0.4) is 0 Å². The summed E-state index contributed by atoms with van der Waals surface area (Å²) >= 11 is 1.31. The second-order valence-electron chi connectivity index (χ2n) is 8.48. The molecule has 0 unspecified atom stereocenters. The van der Waals surface area contributed by atoms with Crippen molar-refractivity contribution in [2.45, 2.75) is 45.1 Å². The summed E-state index contributed by atoms with van der Waals surface area (Å²) in [6.45, 7) is 7.14. The minimum atomic E-state index is -0.566. The minimum Gasteiger partial charge on any atom is -0.454 e. The molecule has 0 fully saturated rings. The number of amides is 1. The van der Waals surface area contributed by atoms with Gasteiger partial charge < -0.3 is 9.64 Å². The van der Waals surface area contributed by atoms with Crippen LogP contribution in [0.25, 0.3) is 0 Å². The first-order valence-corrected chi connectivity index (χ1v) is 11.0. The van der Waals surface area contributed by atoms with Crippen LogP contribution in [-0.4, -0.2) is 36.1 Å². The molecule has 1 atom stereocenters. The smallest absolute Gasteiger partial charge is 0.339 e. The van der Waals surface area contributed by atoms with E-state index in [-0.39, 0.29) is 30.1 Å². The van der Waals surface area contributed by atoms with Crippen LogP contribution in [0, 0.1) is 5.41 Å². The monoisotopic (exact) mass is 425 g/mol. The summed E-state index contributed by atoms with van der Waals surface area (Å²) in [5.41, 5.74) is 1.94. The number of carbonyl (C=O) groups is 3. The van der Waals surface area contributed by atoms with E-state index in [1.807, 2.05) is 36.1 Å². The highest BCUT2D eigenvalue weighted by Crippen LogP contribution is 2.33. The van der Waals surface area contributed by atoms with Crippen molar-refractivity contribution in [2.75, 3.05) is 17.3 Å². The summed E-state index contributed by atoms with van der Waals surface area (Å²) in [6.07, 6.45) is 0.845. The zero-order valence-corrected chi connectivity index (χ0v) is 18.6. The first-order chi connectivity index (χ1) is 14.2. The van der Waals surface area contributed by atoms with Gasteiger partial charge in [-0.05, 0) is 37.1 Å². The van der Waals surface area contributed by atoms with Crippen molar-refractivity contribution < 1.29 is 19.1 Å². The number of ether oxygens (including phenoxy) is 1. The highest BCUT2D eigenvalue weighted by molar-refractivity contribution is 8.00. The largest absolute Gasteiger partial charge is 0.454 e. The standard InChI is InChI=1S/C24H27NO4S/c1-16-13-17-9-5-7-11-19(17)25(16)22(27)15-30-20-12-8-6-10-18(20)23(28)29-14-21(26)24(2,3)4/h5-12,16H,13-15H2,1-4H3/t16-/m1/s1. The SMILES string of the molecule is C[C@@H]1Cc2ccccc2N1C(=O)CSc1ccccc1C(=O)OCC(=O)C(C)(C)C. The van der Waals surface area contributed by atoms with Crippen LogP contribution in [-0.2, 0) is 20.7 Å². The number of anilines is 1. The number of hydrogen-bond donors (Lipinski definition) is 0. The Morgan fingerprint density at radius 2 is 1.73 bits per heavy atom. The molecule has 0 bridgehead atoms. The summed E-state index contributed by atoms with van der Waals surface area (Å²) in [7, 11) is 0. The third-order valence-electron chi connectivity index (χ3n) is 5.10. The van der Waals surface area contributed by atoms with Crippen LogP contribution < -0.4 is 4.90 Å². The van der Waals surface area contributed by atoms with Gasteiger partial charge in [-0.25, -0.2) is 4.79 Å². The molecule has 3 rings (SSSR count). The molecule has 2 aromatic rings. The Morgan fingerprint density at radius 3 is 2.47 bits per heavy atom. The summed E-state index contributed by atoms with van der Waals surface area (Å²) in [5.74, 6) is -0.478. The van der Waals surface area contributed by atoms with Crippen molar-refractivity contribution in [3.05, 3.63) is 59.7 Å². The maximum absolute atomic E-state index is 12.9. The number of rotatable bonds is 6. The molecule has 0 saturated heterocycles. The number of carbonyl (C=O) groups excluding carboxylic acids is 3. The number of nitrogens with zero attached hydrogens (tertiary/aromatic N) is 1. The van der Waals surface area contributed by atoms with E-state index in [1.54, 1.807) is 39.0 Å². The lowest BCUT2D eigenvalue weighted by Crippen LogP contribution is -2.37. The molecule has 1 aliphatic rings. The number of thioether (sulfide) groups is 1. The third kappa shape index (κ3) is 4.93. The lowest BCUT2D eigenvalue weighted by Gasteiger charge is -2.22. The predicted molar refractivity (Wildman–Crippen MR) is 119 cm³/mol. The van der Waals surface area contributed by atoms with Gasteiger partial charge in [0, 0.05) is 22.0 Å². The van der Waals surface area contributed by atoms with Gasteiger partial charge in [0.2, 0.25) is 5.91 Å². The lowest BCUT2D eigenvalue weighted by molar-refractivity contribution is -0.129. The van der Waals surface area contributed by atoms with Crippen molar-refractivity contribution in [3.63, 3.8) is 0 Å². The summed E-state index contributed by atoms with van der Waals surface area (Å²) in [6, 6.07) is 15.1. The molecule has 0 spiro atoms. The third-order valence-corrected chi connectivity index (χ3v) is 6.16. The fraction of sp³-hybridized carbons (Fsp3) is 0.375. The van der Waals surface area contributed by atoms with Crippen LogP contribution in [0.5, 0.6) is 0 Å². The molecule has 0 radical (unpaired) electrons. The van der Waals surface area contributed by atoms with Gasteiger partial charge in [0.1, 0.15) is 0 Å². The Morgan fingerprint density at radius 1 is 1.07 bits per heavy atom. The Labute approximate surface area is 181 Å². The van der Waals surface area contributed by atoms with E-state index in [1.165, 1.54) is 17.3 Å². The summed E-state index contributed by atoms with van der Waals surface area (Å²) in [4.78, 5) is 40.0. The molecular formula is C24H27NO4S. The van der Waals surface area contributed by atoms with E-state index in [0.717, 1.165) is 12.1 Å². The first kappa shape index (κ1) is 22.1. The zero-order valence-electron chi connectivity index (χ0n) is 17.8. The van der Waals surface area contributed by atoms with Gasteiger partial charge in [0.25, 0.3) is 0 Å². The molecule has 6 heteroatoms. The number of esters is 1. The number of hydrogen-bond acceptors (Lipinski definition) is 5. The number of Topliss-reactive ketones (excluding diaryl/α,β-unsaturated/α-hetero) is 1. The van der Waals surface area contributed by atoms with Crippen LogP contribution in [0.4, 0.5) is 5.69 Å². The van der Waals surface area contributed by atoms with Crippen molar-refractivity contribution >= 4 is 35.1 Å². The summed E-state index contributed by atoms with van der Waals surface area (Å²) < 4.78 is 5.23. The van der Waals surface area contributed by atoms with E-state index in [9.17, 15) is 14.4 Å². The number of fused-ring (bicyclic) bond motifs is 1. The predicted octanol–water partition coefficient (Wildman–Crippen LogP) is 4.53. The van der Waals surface area contributed by atoms with Gasteiger partial charge in [0.05, 0.1) is 11.3 Å². The van der Waals surface area contributed by atoms with Gasteiger partial charge in [-0.15, -0.1) is 11.8 Å². The molecule has 1 aliphatic heterocycles. The van der Waals surface area contributed by atoms with Crippen LogP contribution in [0.1, 0.15) is 43.6 Å². The molecule has 0 aliphatic carbocycles. The number of benzene rings is 2. The van der Waals surface area contributed by atoms with Gasteiger partial charge in [0.15, 0.2) is 12.4 Å². The van der Waals surface area contributed by atoms with E-state index in [4.69, 9.17) is 4.74 Å². The van der Waals surface area contributed by atoms with Gasteiger partial charge >= 0.3 is 5.97 Å². The second kappa shape index (κ2) is 9.04. The van der Waals surface area contributed by atoms with Crippen molar-refractivity contribution in [1.29, 1.82) is 0 Å². The van der Waals surface area contributed by atoms with Crippen molar-refractivity contribution in [3.8, 4) is 0 Å². The van der Waals surface area contributed by atoms with E-state index in [2.05, 4.69) is 6.07 Å². The average Bonchev–Trinajstić information content (AvgIpc) is 3.05. The topological polar surface area (TPSA) is 63.7 Å². The highest BCUT2D eigenvalue weighted by Gasteiger charge is 2.30. The molecule has 0 aromatic heterocycles. The second-order valence-corrected chi connectivity index (χ2v) is 9.50. The number of ketones is 1. The van der Waals surface area contributed by atoms with Crippen LogP contribution >= 0.6 is 11.8 Å². The van der Waals surface area contributed by atoms with E-state index in [0.29, 0.717) is 10.5 Å². The minimum absolute atomic E-state index is 0.00327. The quantitative estimate of drug-likeness (QED) is 0.503. The highest BCUT2D eigenvalue weighted by atomic mass is 32.2. The Hall–Kier alpha value is -2.60. The molecule has 158 valence electrons. The fourth-order valence-corrected chi connectivity index (χ4v) is 4.24. The van der Waals surface area contributed by atoms with Crippen molar-refractivity contribution in [2.24, 2.45) is 5.41 Å². The van der Waals surface area contributed by atoms with Gasteiger partial charge in [-0.3, -0.25) is 9.59 Å². The lowest BCUT2D eigenvalue weighted by atomic mass is 9.91. The molecule has 0 N–H and O–H groups in total. The number of para-hydroxylation sites is 1. The molecule has 0 saturated carbocycles. The Kier molecular flexibility index (Phi) is 6.66. The normalized spacial score (nSPS) is 15.6. The van der Waals surface area contributed by atoms with Crippen LogP contribution in [0.2, 0.25) is 0 Å². The molecule has 1 heterocycles. The molecule has 5 nitrogen and oxygen atoms in total. The summed E-state index contributed by atoms with van der Waals surface area (Å²) in [5, 5.41) is 0. The molecular weight excluding hydrogens is 398 g/mol. The maximum Gasteiger partial charge on any atom is 0.339 e. The fourth-order valence-electron chi connectivity index (χ4n) is 3.34. The van der Waals surface area contributed by atoms with E-state index >= 15 is 0 Å². The van der Waals surface area contributed by atoms with E-state index < -0.39 is 11.4 Å². The zero-order chi connectivity index (χ0) is 21.9. The van der Waals surface area contributed by atoms with Gasteiger partial charge in [-0.2, -0.15) is 0 Å². The molecule has 2 aromatic carbocycles. The average molecular weight is 426 g/mol. The maximum atomic E-state index is 12.9. The van der Waals surface area contributed by atoms with Gasteiger partial charge in [-0.1, -0.05) is 51.1 Å². The van der Waals surface area contributed by atoms with Crippen molar-refractivity contribution in [1.82, 2.24) is 0 Å². The first-order valence-electron chi connectivity index (χ1n) is 10.0. The molecule has 30 heavy (non-hydrogen) atoms. The Bertz CT molecular complexity index is 964. The Balaban J connectivity index is 1.66.